The summed E-state index contributed by atoms with van der Waals surface area (Å²) in [7, 11) is 0. The summed E-state index contributed by atoms with van der Waals surface area (Å²) >= 11 is 1.66. The minimum absolute atomic E-state index is 0.129. The highest BCUT2D eigenvalue weighted by Gasteiger charge is 2.29. The van der Waals surface area contributed by atoms with Gasteiger partial charge in [-0.2, -0.15) is 0 Å². The number of rotatable bonds is 3. The van der Waals surface area contributed by atoms with Crippen LogP contribution in [0, 0.1) is 17.0 Å². The molecule has 0 bridgehead atoms. The topological polar surface area (TPSA) is 76.3 Å². The molecule has 7 heteroatoms. The number of para-hydroxylation sites is 1. The summed E-state index contributed by atoms with van der Waals surface area (Å²) in [6, 6.07) is 6.13. The van der Waals surface area contributed by atoms with Gasteiger partial charge in [0.2, 0.25) is 0 Å². The molecule has 0 saturated carbocycles. The molecule has 2 heterocycles. The highest BCUT2D eigenvalue weighted by molar-refractivity contribution is 7.09. The molecule has 1 saturated heterocycles. The molecule has 3 rings (SSSR count). The van der Waals surface area contributed by atoms with Crippen molar-refractivity contribution in [3.8, 4) is 0 Å². The van der Waals surface area contributed by atoms with Crippen LogP contribution in [0.2, 0.25) is 0 Å². The van der Waals surface area contributed by atoms with Crippen molar-refractivity contribution in [1.82, 2.24) is 9.88 Å². The van der Waals surface area contributed by atoms with Crippen LogP contribution in [0.25, 0.3) is 0 Å². The van der Waals surface area contributed by atoms with E-state index >= 15 is 0 Å². The molecular weight excluding hydrogens is 314 g/mol. The van der Waals surface area contributed by atoms with Gasteiger partial charge in [-0.1, -0.05) is 12.1 Å². The number of amides is 1. The smallest absolute Gasteiger partial charge is 0.282 e. The van der Waals surface area contributed by atoms with Gasteiger partial charge >= 0.3 is 0 Å². The van der Waals surface area contributed by atoms with Crippen molar-refractivity contribution in [1.29, 1.82) is 0 Å². The second-order valence-electron chi connectivity index (χ2n) is 5.67. The maximum absolute atomic E-state index is 12.6. The quantitative estimate of drug-likeness (QED) is 0.638. The number of aromatic nitrogens is 1. The summed E-state index contributed by atoms with van der Waals surface area (Å²) in [5.41, 5.74) is 1.07. The first-order valence-corrected chi connectivity index (χ1v) is 8.39. The van der Waals surface area contributed by atoms with Crippen molar-refractivity contribution in [3.05, 3.63) is 56.0 Å². The zero-order valence-corrected chi connectivity index (χ0v) is 13.6. The maximum atomic E-state index is 12.6. The second-order valence-corrected chi connectivity index (χ2v) is 6.56. The largest absolute Gasteiger partial charge is 0.338 e. The number of piperidine rings is 1. The zero-order valence-electron chi connectivity index (χ0n) is 12.8. The van der Waals surface area contributed by atoms with Gasteiger partial charge in [0.25, 0.3) is 11.6 Å². The molecule has 0 atom stereocenters. The summed E-state index contributed by atoms with van der Waals surface area (Å²) in [6.07, 6.45) is 1.69. The Labute approximate surface area is 137 Å². The van der Waals surface area contributed by atoms with Crippen molar-refractivity contribution in [2.24, 2.45) is 0 Å². The average Bonchev–Trinajstić information content (AvgIpc) is 3.01. The Morgan fingerprint density at radius 1 is 1.35 bits per heavy atom. The first kappa shape index (κ1) is 15.6. The van der Waals surface area contributed by atoms with Crippen LogP contribution >= 0.6 is 11.3 Å². The minimum Gasteiger partial charge on any atom is -0.338 e. The van der Waals surface area contributed by atoms with E-state index in [1.165, 1.54) is 12.1 Å². The van der Waals surface area contributed by atoms with Crippen LogP contribution < -0.4 is 0 Å². The van der Waals surface area contributed by atoms with Crippen LogP contribution in [0.4, 0.5) is 5.69 Å². The van der Waals surface area contributed by atoms with Gasteiger partial charge in [-0.05, 0) is 25.8 Å². The summed E-state index contributed by atoms with van der Waals surface area (Å²) in [6.45, 7) is 3.19. The maximum Gasteiger partial charge on any atom is 0.282 e. The van der Waals surface area contributed by atoms with Gasteiger partial charge in [0.05, 0.1) is 9.93 Å². The molecule has 23 heavy (non-hydrogen) atoms. The summed E-state index contributed by atoms with van der Waals surface area (Å²) < 4.78 is 0. The Balaban J connectivity index is 1.70. The Morgan fingerprint density at radius 3 is 2.65 bits per heavy atom. The van der Waals surface area contributed by atoms with Gasteiger partial charge in [0, 0.05) is 36.1 Å². The Hall–Kier alpha value is -2.28. The number of carbonyl (C=O) groups is 1. The molecule has 6 nitrogen and oxygen atoms in total. The number of nitro benzene ring substituents is 1. The molecule has 0 aliphatic carbocycles. The second kappa shape index (κ2) is 6.45. The molecule has 1 fully saturated rings. The normalized spacial score (nSPS) is 15.6. The van der Waals surface area contributed by atoms with Gasteiger partial charge < -0.3 is 4.90 Å². The molecule has 120 valence electrons. The Kier molecular flexibility index (Phi) is 4.38. The van der Waals surface area contributed by atoms with E-state index in [4.69, 9.17) is 0 Å². The third-order valence-corrected chi connectivity index (χ3v) is 5.22. The zero-order chi connectivity index (χ0) is 16.4. The van der Waals surface area contributed by atoms with Crippen LogP contribution in [-0.2, 0) is 0 Å². The standard InChI is InChI=1S/C16H17N3O3S/c1-11-10-23-15(17-11)12-6-8-18(9-7-12)16(20)13-4-2-3-5-14(13)19(21)22/h2-5,10,12H,6-9H2,1H3. The third-order valence-electron chi connectivity index (χ3n) is 4.10. The molecule has 1 aliphatic rings. The van der Waals surface area contributed by atoms with E-state index in [0.29, 0.717) is 19.0 Å². The highest BCUT2D eigenvalue weighted by atomic mass is 32.1. The van der Waals surface area contributed by atoms with Crippen molar-refractivity contribution < 1.29 is 9.72 Å². The molecule has 2 aromatic rings. The summed E-state index contributed by atoms with van der Waals surface area (Å²) in [5.74, 6) is 0.120. The number of nitrogens with zero attached hydrogens (tertiary/aromatic N) is 3. The van der Waals surface area contributed by atoms with Crippen LogP contribution in [0.5, 0.6) is 0 Å². The molecular formula is C16H17N3O3S. The number of thiazole rings is 1. The van der Waals surface area contributed by atoms with Crippen LogP contribution in [-0.4, -0.2) is 33.8 Å². The lowest BCUT2D eigenvalue weighted by atomic mass is 9.97. The van der Waals surface area contributed by atoms with E-state index < -0.39 is 4.92 Å². The first-order chi connectivity index (χ1) is 11.1. The Morgan fingerprint density at radius 2 is 2.04 bits per heavy atom. The Bertz CT molecular complexity index is 736. The number of hydrogen-bond acceptors (Lipinski definition) is 5. The predicted molar refractivity (Wildman–Crippen MR) is 87.8 cm³/mol. The number of hydrogen-bond donors (Lipinski definition) is 0. The van der Waals surface area contributed by atoms with Crippen LogP contribution in [0.15, 0.2) is 29.6 Å². The highest BCUT2D eigenvalue weighted by Crippen LogP contribution is 2.31. The van der Waals surface area contributed by atoms with Gasteiger partial charge in [-0.3, -0.25) is 14.9 Å². The number of carbonyl (C=O) groups excluding carboxylic acids is 1. The number of aryl methyl sites for hydroxylation is 1. The molecule has 0 N–H and O–H groups in total. The predicted octanol–water partition coefficient (Wildman–Crippen LogP) is 3.38. The lowest BCUT2D eigenvalue weighted by Gasteiger charge is -2.31. The molecule has 1 amide bonds. The average molecular weight is 331 g/mol. The van der Waals surface area contributed by atoms with Crippen molar-refractivity contribution in [2.45, 2.75) is 25.7 Å². The fraction of sp³-hybridized carbons (Fsp3) is 0.375. The third kappa shape index (κ3) is 3.24. The van der Waals surface area contributed by atoms with Crippen LogP contribution in [0.1, 0.15) is 39.8 Å². The van der Waals surface area contributed by atoms with Crippen LogP contribution in [0.3, 0.4) is 0 Å². The fourth-order valence-electron chi connectivity index (χ4n) is 2.87. The van der Waals surface area contributed by atoms with E-state index in [1.807, 2.05) is 12.3 Å². The van der Waals surface area contributed by atoms with E-state index in [9.17, 15) is 14.9 Å². The van der Waals surface area contributed by atoms with Gasteiger partial charge in [0.1, 0.15) is 5.56 Å². The van der Waals surface area contributed by atoms with Gasteiger partial charge in [-0.25, -0.2) is 4.98 Å². The SMILES string of the molecule is Cc1csc(C2CCN(C(=O)c3ccccc3[N+](=O)[O-])CC2)n1. The van der Waals surface area contributed by atoms with E-state index in [2.05, 4.69) is 4.98 Å². The molecule has 1 aliphatic heterocycles. The number of likely N-dealkylation sites (tertiary alicyclic amines) is 1. The number of benzene rings is 1. The van der Waals surface area contributed by atoms with Crippen molar-refractivity contribution >= 4 is 22.9 Å². The van der Waals surface area contributed by atoms with Crippen molar-refractivity contribution in [2.75, 3.05) is 13.1 Å². The minimum atomic E-state index is -0.502. The van der Waals surface area contributed by atoms with Gasteiger partial charge in [0.15, 0.2) is 0 Å². The molecule has 1 aromatic carbocycles. The monoisotopic (exact) mass is 331 g/mol. The first-order valence-electron chi connectivity index (χ1n) is 7.51. The van der Waals surface area contributed by atoms with E-state index in [-0.39, 0.29) is 17.2 Å². The molecule has 0 unspecified atom stereocenters. The summed E-state index contributed by atoms with van der Waals surface area (Å²) in [5, 5.41) is 14.2. The van der Waals surface area contributed by atoms with Gasteiger partial charge in [-0.15, -0.1) is 11.3 Å². The van der Waals surface area contributed by atoms with E-state index in [0.717, 1.165) is 23.5 Å². The fourth-order valence-corrected chi connectivity index (χ4v) is 3.84. The molecule has 0 spiro atoms. The lowest BCUT2D eigenvalue weighted by Crippen LogP contribution is -2.38. The molecule has 1 aromatic heterocycles. The molecule has 0 radical (unpaired) electrons. The number of nitro groups is 1. The van der Waals surface area contributed by atoms with Crippen molar-refractivity contribution in [3.63, 3.8) is 0 Å². The van der Waals surface area contributed by atoms with E-state index in [1.54, 1.807) is 28.4 Å². The lowest BCUT2D eigenvalue weighted by molar-refractivity contribution is -0.385. The summed E-state index contributed by atoms with van der Waals surface area (Å²) in [4.78, 5) is 29.4.